The minimum Gasteiger partial charge on any atom is -0.315 e. The first kappa shape index (κ1) is 13.9. The van der Waals surface area contributed by atoms with Crippen molar-refractivity contribution in [3.05, 3.63) is 66.0 Å². The van der Waals surface area contributed by atoms with Crippen molar-refractivity contribution >= 4 is 11.9 Å². The number of hydrogen-bond donors (Lipinski definition) is 0. The van der Waals surface area contributed by atoms with Crippen LogP contribution in [0.15, 0.2) is 53.4 Å². The highest BCUT2D eigenvalue weighted by atomic mass is 16.5. The molecular weight excluding hydrogens is 282 g/mol. The largest absolute Gasteiger partial charge is 0.331 e. The molecule has 0 fully saturated rings. The number of rotatable bonds is 4. The molecule has 0 saturated carbocycles. The molecule has 0 aliphatic carbocycles. The predicted molar refractivity (Wildman–Crippen MR) is 78.0 cm³/mol. The van der Waals surface area contributed by atoms with Crippen molar-refractivity contribution in [3.63, 3.8) is 0 Å². The summed E-state index contributed by atoms with van der Waals surface area (Å²) in [5, 5.41) is 3.57. The Balaban J connectivity index is 1.93. The smallest absolute Gasteiger partial charge is 0.315 e. The van der Waals surface area contributed by atoms with Gasteiger partial charge in [-0.1, -0.05) is 35.5 Å². The average molecular weight is 295 g/mol. The molecule has 0 aliphatic heterocycles. The fraction of sp³-hybridized carbons (Fsp3) is 0.133. The Labute approximate surface area is 126 Å². The standard InChI is InChI=1S/C15H13N5O2/c1-11-16-8-7-13(19-11)14(21)20(15-17-10-18-22-15)9-12-5-3-2-4-6-12/h2-8,10H,9H2,1H3. The summed E-state index contributed by atoms with van der Waals surface area (Å²) >= 11 is 0. The van der Waals surface area contributed by atoms with Crippen molar-refractivity contribution in [2.45, 2.75) is 13.5 Å². The maximum atomic E-state index is 12.7. The van der Waals surface area contributed by atoms with Gasteiger partial charge in [0, 0.05) is 6.20 Å². The molecular formula is C15H13N5O2. The Kier molecular flexibility index (Phi) is 3.86. The van der Waals surface area contributed by atoms with Gasteiger partial charge in [0.05, 0.1) is 6.54 Å². The number of amides is 1. The minimum atomic E-state index is -0.321. The maximum absolute atomic E-state index is 12.7. The van der Waals surface area contributed by atoms with E-state index in [-0.39, 0.29) is 17.6 Å². The quantitative estimate of drug-likeness (QED) is 0.732. The minimum absolute atomic E-state index is 0.130. The number of aromatic nitrogens is 4. The molecule has 2 heterocycles. The molecule has 0 saturated heterocycles. The lowest BCUT2D eigenvalue weighted by Gasteiger charge is -2.17. The van der Waals surface area contributed by atoms with Gasteiger partial charge in [0.1, 0.15) is 11.5 Å². The summed E-state index contributed by atoms with van der Waals surface area (Å²) < 4.78 is 5.04. The van der Waals surface area contributed by atoms with Crippen LogP contribution in [0.5, 0.6) is 0 Å². The highest BCUT2D eigenvalue weighted by Gasteiger charge is 2.23. The van der Waals surface area contributed by atoms with Crippen LogP contribution in [0.2, 0.25) is 0 Å². The normalized spacial score (nSPS) is 10.4. The summed E-state index contributed by atoms with van der Waals surface area (Å²) in [6, 6.07) is 11.2. The molecule has 0 unspecified atom stereocenters. The van der Waals surface area contributed by atoms with Gasteiger partial charge in [-0.15, -0.1) is 0 Å². The average Bonchev–Trinajstić information content (AvgIpc) is 3.07. The lowest BCUT2D eigenvalue weighted by atomic mass is 10.2. The SMILES string of the molecule is Cc1nccc(C(=O)N(Cc2ccccc2)c2ncno2)n1. The molecule has 7 heteroatoms. The van der Waals surface area contributed by atoms with Gasteiger partial charge in [-0.05, 0) is 18.6 Å². The van der Waals surface area contributed by atoms with Crippen LogP contribution in [0.25, 0.3) is 0 Å². The molecule has 22 heavy (non-hydrogen) atoms. The van der Waals surface area contributed by atoms with Crippen LogP contribution in [0.3, 0.4) is 0 Å². The van der Waals surface area contributed by atoms with Crippen LogP contribution < -0.4 is 4.90 Å². The molecule has 0 N–H and O–H groups in total. The number of carbonyl (C=O) groups excluding carboxylic acids is 1. The Morgan fingerprint density at radius 2 is 2.00 bits per heavy atom. The zero-order chi connectivity index (χ0) is 15.4. The zero-order valence-electron chi connectivity index (χ0n) is 11.9. The highest BCUT2D eigenvalue weighted by molar-refractivity contribution is 6.03. The fourth-order valence-corrected chi connectivity index (χ4v) is 1.99. The van der Waals surface area contributed by atoms with E-state index in [9.17, 15) is 4.79 Å². The molecule has 110 valence electrons. The van der Waals surface area contributed by atoms with Gasteiger partial charge in [-0.25, -0.2) is 9.97 Å². The van der Waals surface area contributed by atoms with Crippen LogP contribution in [0, 0.1) is 6.92 Å². The van der Waals surface area contributed by atoms with E-state index < -0.39 is 0 Å². The first-order chi connectivity index (χ1) is 10.7. The first-order valence-corrected chi connectivity index (χ1v) is 6.66. The topological polar surface area (TPSA) is 85.0 Å². The van der Waals surface area contributed by atoms with Crippen LogP contribution >= 0.6 is 0 Å². The molecule has 1 amide bonds. The van der Waals surface area contributed by atoms with Crippen molar-refractivity contribution in [3.8, 4) is 0 Å². The third kappa shape index (κ3) is 2.98. The van der Waals surface area contributed by atoms with E-state index in [4.69, 9.17) is 4.52 Å². The lowest BCUT2D eigenvalue weighted by Crippen LogP contribution is -2.31. The van der Waals surface area contributed by atoms with E-state index >= 15 is 0 Å². The van der Waals surface area contributed by atoms with Gasteiger partial charge in [0.25, 0.3) is 5.91 Å². The number of aryl methyl sites for hydroxylation is 1. The van der Waals surface area contributed by atoms with E-state index in [1.165, 1.54) is 11.2 Å². The molecule has 2 aromatic heterocycles. The molecule has 7 nitrogen and oxygen atoms in total. The van der Waals surface area contributed by atoms with Gasteiger partial charge in [0.2, 0.25) is 0 Å². The fourth-order valence-electron chi connectivity index (χ4n) is 1.99. The summed E-state index contributed by atoms with van der Waals surface area (Å²) in [6.07, 6.45) is 2.80. The van der Waals surface area contributed by atoms with Gasteiger partial charge in [-0.2, -0.15) is 4.98 Å². The molecule has 0 bridgehead atoms. The van der Waals surface area contributed by atoms with E-state index in [2.05, 4.69) is 20.1 Å². The van der Waals surface area contributed by atoms with Crippen molar-refractivity contribution in [2.75, 3.05) is 4.90 Å². The maximum Gasteiger partial charge on any atom is 0.331 e. The van der Waals surface area contributed by atoms with Crippen molar-refractivity contribution in [1.82, 2.24) is 20.1 Å². The lowest BCUT2D eigenvalue weighted by molar-refractivity contribution is 0.0972. The molecule has 1 aromatic carbocycles. The number of hydrogen-bond acceptors (Lipinski definition) is 6. The Morgan fingerprint density at radius 1 is 1.18 bits per heavy atom. The highest BCUT2D eigenvalue weighted by Crippen LogP contribution is 2.16. The predicted octanol–water partition coefficient (Wildman–Crippen LogP) is 2.02. The molecule has 0 spiro atoms. The van der Waals surface area contributed by atoms with Crippen LogP contribution in [0.1, 0.15) is 21.9 Å². The second-order valence-corrected chi connectivity index (χ2v) is 4.59. The second-order valence-electron chi connectivity index (χ2n) is 4.59. The van der Waals surface area contributed by atoms with Crippen molar-refractivity contribution in [2.24, 2.45) is 0 Å². The second kappa shape index (κ2) is 6.13. The van der Waals surface area contributed by atoms with Gasteiger partial charge < -0.3 is 4.52 Å². The molecule has 3 rings (SSSR count). The van der Waals surface area contributed by atoms with Gasteiger partial charge >= 0.3 is 6.01 Å². The third-order valence-corrected chi connectivity index (χ3v) is 3.00. The number of nitrogens with zero attached hydrogens (tertiary/aromatic N) is 5. The third-order valence-electron chi connectivity index (χ3n) is 3.00. The Morgan fingerprint density at radius 3 is 2.68 bits per heavy atom. The summed E-state index contributed by atoms with van der Waals surface area (Å²) in [4.78, 5) is 26.2. The van der Waals surface area contributed by atoms with E-state index in [0.29, 0.717) is 12.4 Å². The van der Waals surface area contributed by atoms with Gasteiger partial charge in [-0.3, -0.25) is 9.69 Å². The molecule has 0 aliphatic rings. The number of benzene rings is 1. The van der Waals surface area contributed by atoms with E-state index in [0.717, 1.165) is 5.56 Å². The summed E-state index contributed by atoms with van der Waals surface area (Å²) in [5.41, 5.74) is 1.22. The number of anilines is 1. The summed E-state index contributed by atoms with van der Waals surface area (Å²) in [7, 11) is 0. The van der Waals surface area contributed by atoms with Crippen molar-refractivity contribution in [1.29, 1.82) is 0 Å². The van der Waals surface area contributed by atoms with Gasteiger partial charge in [0.15, 0.2) is 6.33 Å². The zero-order valence-corrected chi connectivity index (χ0v) is 11.9. The van der Waals surface area contributed by atoms with E-state index in [1.807, 2.05) is 30.3 Å². The summed E-state index contributed by atoms with van der Waals surface area (Å²) in [5.74, 6) is 0.203. The summed E-state index contributed by atoms with van der Waals surface area (Å²) in [6.45, 7) is 2.04. The molecule has 0 atom stereocenters. The van der Waals surface area contributed by atoms with Crippen LogP contribution in [-0.2, 0) is 6.54 Å². The van der Waals surface area contributed by atoms with Crippen LogP contribution in [-0.4, -0.2) is 26.0 Å². The molecule has 3 aromatic rings. The van der Waals surface area contributed by atoms with Crippen molar-refractivity contribution < 1.29 is 9.32 Å². The van der Waals surface area contributed by atoms with Crippen LogP contribution in [0.4, 0.5) is 6.01 Å². The van der Waals surface area contributed by atoms with E-state index in [1.54, 1.807) is 19.2 Å². The molecule has 0 radical (unpaired) electrons. The Hall–Kier alpha value is -3.09. The number of carbonyl (C=O) groups is 1. The monoisotopic (exact) mass is 295 g/mol. The Bertz CT molecular complexity index is 759. The first-order valence-electron chi connectivity index (χ1n) is 6.66.